The Morgan fingerprint density at radius 1 is 1.67 bits per heavy atom. The topological polar surface area (TPSA) is 25.8 Å². The molecule has 0 aliphatic heterocycles. The van der Waals surface area contributed by atoms with Crippen LogP contribution < -0.4 is 0 Å². The molecule has 9 heavy (non-hydrogen) atoms. The van der Waals surface area contributed by atoms with E-state index >= 15 is 0 Å². The molecular weight excluding hydrogens is 176 g/mol. The molecule has 5 heteroatoms. The first-order valence-corrected chi connectivity index (χ1v) is 4.88. The van der Waals surface area contributed by atoms with Crippen molar-refractivity contribution in [3.63, 3.8) is 0 Å². The summed E-state index contributed by atoms with van der Waals surface area (Å²) in [6.07, 6.45) is 2.02. The molecule has 0 saturated heterocycles. The first kappa shape index (κ1) is 7.31. The van der Waals surface area contributed by atoms with E-state index in [-0.39, 0.29) is 0 Å². The highest BCUT2D eigenvalue weighted by Crippen LogP contribution is 2.17. The zero-order chi connectivity index (χ0) is 6.69. The molecule has 2 nitrogen and oxygen atoms in total. The Morgan fingerprint density at radius 3 is 2.89 bits per heavy atom. The molecule has 1 rings (SSSR count). The van der Waals surface area contributed by atoms with Gasteiger partial charge in [0.25, 0.3) is 0 Å². The molecule has 0 atom stereocenters. The molecule has 1 aromatic rings. The Labute approximate surface area is 66.6 Å². The van der Waals surface area contributed by atoms with Gasteiger partial charge in [-0.25, -0.2) is 0 Å². The van der Waals surface area contributed by atoms with Crippen molar-refractivity contribution >= 4 is 34.7 Å². The molecule has 0 bridgehead atoms. The van der Waals surface area contributed by atoms with Crippen molar-refractivity contribution < 1.29 is 0 Å². The van der Waals surface area contributed by atoms with Gasteiger partial charge in [-0.3, -0.25) is 0 Å². The maximum absolute atomic E-state index is 5.53. The Morgan fingerprint density at radius 2 is 2.44 bits per heavy atom. The van der Waals surface area contributed by atoms with Crippen molar-refractivity contribution in [1.29, 1.82) is 0 Å². The second-order valence-corrected chi connectivity index (χ2v) is 3.89. The van der Waals surface area contributed by atoms with E-state index in [4.69, 9.17) is 11.6 Å². The molecular formula is C4H5ClN2S2. The molecule has 0 spiro atoms. The summed E-state index contributed by atoms with van der Waals surface area (Å²) in [5.41, 5.74) is 0. The highest BCUT2D eigenvalue weighted by Gasteiger charge is 1.98. The van der Waals surface area contributed by atoms with E-state index < -0.39 is 0 Å². The van der Waals surface area contributed by atoms with Gasteiger partial charge in [-0.2, -0.15) is 11.8 Å². The summed E-state index contributed by atoms with van der Waals surface area (Å²) in [7, 11) is 0. The number of rotatable bonds is 2. The summed E-state index contributed by atoms with van der Waals surface area (Å²) in [6, 6.07) is 0. The predicted molar refractivity (Wildman–Crippen MR) is 42.1 cm³/mol. The molecule has 0 unspecified atom stereocenters. The third-order valence-corrected chi connectivity index (χ3v) is 2.47. The number of nitrogens with zero attached hydrogens (tertiary/aromatic N) is 2. The Balaban J connectivity index is 2.61. The van der Waals surface area contributed by atoms with Crippen LogP contribution in [0.4, 0.5) is 0 Å². The first-order valence-electron chi connectivity index (χ1n) is 2.29. The fraction of sp³-hybridized carbons (Fsp3) is 0.500. The predicted octanol–water partition coefficient (Wildman–Crippen LogP) is 2.05. The molecule has 1 aromatic heterocycles. The number of hydrogen-bond acceptors (Lipinski definition) is 4. The minimum absolute atomic E-state index is 0.527. The molecule has 0 amide bonds. The van der Waals surface area contributed by atoms with Gasteiger partial charge in [0.1, 0.15) is 5.01 Å². The summed E-state index contributed by atoms with van der Waals surface area (Å²) in [5, 5.41) is 8.47. The van der Waals surface area contributed by atoms with Gasteiger partial charge in [0.15, 0.2) is 0 Å². The van der Waals surface area contributed by atoms with Gasteiger partial charge in [-0.1, -0.05) is 11.3 Å². The van der Waals surface area contributed by atoms with Crippen molar-refractivity contribution in [2.75, 3.05) is 6.26 Å². The van der Waals surface area contributed by atoms with Gasteiger partial charge in [0.05, 0.1) is 0 Å². The fourth-order valence-electron chi connectivity index (χ4n) is 0.415. The zero-order valence-electron chi connectivity index (χ0n) is 4.80. The van der Waals surface area contributed by atoms with Crippen LogP contribution in [0, 0.1) is 0 Å². The molecule has 0 aromatic carbocycles. The molecule has 1 heterocycles. The van der Waals surface area contributed by atoms with E-state index in [0.717, 1.165) is 10.8 Å². The normalized spacial score (nSPS) is 10.0. The van der Waals surface area contributed by atoms with Crippen LogP contribution in [0.5, 0.6) is 0 Å². The maximum atomic E-state index is 5.53. The lowest BCUT2D eigenvalue weighted by atomic mass is 10.9. The van der Waals surface area contributed by atoms with E-state index in [0.29, 0.717) is 4.47 Å². The van der Waals surface area contributed by atoms with Crippen molar-refractivity contribution in [1.82, 2.24) is 10.2 Å². The number of hydrogen-bond donors (Lipinski definition) is 0. The smallest absolute Gasteiger partial charge is 0.158 e. The second kappa shape index (κ2) is 3.39. The minimum atomic E-state index is 0.527. The van der Waals surface area contributed by atoms with Gasteiger partial charge in [0.2, 0.25) is 4.47 Å². The van der Waals surface area contributed by atoms with Crippen LogP contribution in [-0.2, 0) is 5.75 Å². The third-order valence-electron chi connectivity index (χ3n) is 0.710. The van der Waals surface area contributed by atoms with Crippen LogP contribution in [0.3, 0.4) is 0 Å². The van der Waals surface area contributed by atoms with E-state index in [1.165, 1.54) is 11.3 Å². The summed E-state index contributed by atoms with van der Waals surface area (Å²) in [5.74, 6) is 0.907. The molecule has 0 fully saturated rings. The van der Waals surface area contributed by atoms with Gasteiger partial charge in [0, 0.05) is 5.75 Å². The lowest BCUT2D eigenvalue weighted by Crippen LogP contribution is -1.75. The average Bonchev–Trinajstić information content (AvgIpc) is 2.17. The lowest BCUT2D eigenvalue weighted by molar-refractivity contribution is 1.04. The second-order valence-electron chi connectivity index (χ2n) is 1.38. The summed E-state index contributed by atoms with van der Waals surface area (Å²) >= 11 is 8.68. The highest BCUT2D eigenvalue weighted by atomic mass is 35.5. The van der Waals surface area contributed by atoms with Crippen LogP contribution in [0.1, 0.15) is 5.01 Å². The number of thioether (sulfide) groups is 1. The first-order chi connectivity index (χ1) is 4.33. The van der Waals surface area contributed by atoms with Crippen LogP contribution in [0.2, 0.25) is 4.47 Å². The number of aromatic nitrogens is 2. The van der Waals surface area contributed by atoms with Gasteiger partial charge in [-0.05, 0) is 17.9 Å². The largest absolute Gasteiger partial charge is 0.207 e. The van der Waals surface area contributed by atoms with Crippen molar-refractivity contribution in [3.8, 4) is 0 Å². The van der Waals surface area contributed by atoms with Crippen LogP contribution in [-0.4, -0.2) is 16.5 Å². The number of halogens is 1. The Bertz CT molecular complexity index is 188. The Hall–Kier alpha value is 0.200. The van der Waals surface area contributed by atoms with E-state index in [1.807, 2.05) is 6.26 Å². The summed E-state index contributed by atoms with van der Waals surface area (Å²) in [4.78, 5) is 0. The average molecular weight is 181 g/mol. The van der Waals surface area contributed by atoms with Crippen molar-refractivity contribution in [2.45, 2.75) is 5.75 Å². The van der Waals surface area contributed by atoms with E-state index in [9.17, 15) is 0 Å². The van der Waals surface area contributed by atoms with Crippen LogP contribution in [0.25, 0.3) is 0 Å². The molecule has 0 aliphatic rings. The third kappa shape index (κ3) is 2.12. The standard InChI is InChI=1S/C4H5ClN2S2/c1-8-2-3-6-7-4(5)9-3/h2H2,1H3. The monoisotopic (exact) mass is 180 g/mol. The molecule has 0 saturated carbocycles. The van der Waals surface area contributed by atoms with Crippen molar-refractivity contribution in [2.24, 2.45) is 0 Å². The van der Waals surface area contributed by atoms with Crippen LogP contribution >= 0.6 is 34.7 Å². The quantitative estimate of drug-likeness (QED) is 0.697. The maximum Gasteiger partial charge on any atom is 0.207 e. The zero-order valence-corrected chi connectivity index (χ0v) is 7.18. The summed E-state index contributed by atoms with van der Waals surface area (Å²) < 4.78 is 0.527. The van der Waals surface area contributed by atoms with Crippen LogP contribution in [0.15, 0.2) is 0 Å². The molecule has 0 radical (unpaired) electrons. The molecule has 0 N–H and O–H groups in total. The Kier molecular flexibility index (Phi) is 2.75. The minimum Gasteiger partial charge on any atom is -0.158 e. The van der Waals surface area contributed by atoms with E-state index in [1.54, 1.807) is 11.8 Å². The highest BCUT2D eigenvalue weighted by molar-refractivity contribution is 7.97. The SMILES string of the molecule is CSCc1nnc(Cl)s1. The van der Waals surface area contributed by atoms with Gasteiger partial charge < -0.3 is 0 Å². The lowest BCUT2D eigenvalue weighted by Gasteiger charge is -1.83. The molecule has 50 valence electrons. The van der Waals surface area contributed by atoms with Crippen molar-refractivity contribution in [3.05, 3.63) is 9.47 Å². The fourth-order valence-corrected chi connectivity index (χ4v) is 1.97. The summed E-state index contributed by atoms with van der Waals surface area (Å²) in [6.45, 7) is 0. The van der Waals surface area contributed by atoms with Gasteiger partial charge in [-0.15, -0.1) is 10.2 Å². The molecule has 0 aliphatic carbocycles. The van der Waals surface area contributed by atoms with Gasteiger partial charge >= 0.3 is 0 Å². The van der Waals surface area contributed by atoms with E-state index in [2.05, 4.69) is 10.2 Å².